The van der Waals surface area contributed by atoms with Crippen LogP contribution in [0.15, 0.2) is 17.5 Å². The van der Waals surface area contributed by atoms with Crippen LogP contribution < -0.4 is 0 Å². The van der Waals surface area contributed by atoms with Gasteiger partial charge in [-0.3, -0.25) is 0 Å². The monoisotopic (exact) mass is 157 g/mol. The van der Waals surface area contributed by atoms with Crippen molar-refractivity contribution < 1.29 is 5.21 Å². The van der Waals surface area contributed by atoms with Crippen molar-refractivity contribution in [3.8, 4) is 0 Å². The maximum Gasteiger partial charge on any atom is 0.222 e. The van der Waals surface area contributed by atoms with Crippen LogP contribution in [0, 0.1) is 0 Å². The van der Waals surface area contributed by atoms with Crippen molar-refractivity contribution in [2.24, 2.45) is 5.16 Å². The first-order valence-electron chi connectivity index (χ1n) is 2.48. The molecule has 52 valence electrons. The van der Waals surface area contributed by atoms with Gasteiger partial charge >= 0.3 is 0 Å². The van der Waals surface area contributed by atoms with E-state index in [0.29, 0.717) is 5.56 Å². The van der Waals surface area contributed by atoms with Crippen LogP contribution in [0.4, 0.5) is 0 Å². The Kier molecular flexibility index (Phi) is 2.17. The van der Waals surface area contributed by atoms with Crippen LogP contribution in [0.1, 0.15) is 5.56 Å². The van der Waals surface area contributed by atoms with Gasteiger partial charge in [-0.15, -0.1) is 0 Å². The van der Waals surface area contributed by atoms with Crippen LogP contribution >= 0.6 is 11.6 Å². The molecule has 4 nitrogen and oxygen atoms in total. The molecule has 0 aliphatic rings. The smallest absolute Gasteiger partial charge is 0.222 e. The van der Waals surface area contributed by atoms with Crippen molar-refractivity contribution >= 4 is 17.8 Å². The SMILES string of the molecule is O/N=C/c1cnc(Cl)nc1. The Morgan fingerprint density at radius 1 is 1.50 bits per heavy atom. The molecule has 1 rings (SSSR count). The van der Waals surface area contributed by atoms with Gasteiger partial charge in [-0.05, 0) is 11.6 Å². The third kappa shape index (κ3) is 1.66. The van der Waals surface area contributed by atoms with Gasteiger partial charge in [-0.1, -0.05) is 5.16 Å². The number of aromatic nitrogens is 2. The largest absolute Gasteiger partial charge is 0.411 e. The summed E-state index contributed by atoms with van der Waals surface area (Å²) in [7, 11) is 0. The lowest BCUT2D eigenvalue weighted by molar-refractivity contribution is 0.322. The van der Waals surface area contributed by atoms with Gasteiger partial charge in [0.25, 0.3) is 0 Å². The van der Waals surface area contributed by atoms with E-state index in [9.17, 15) is 0 Å². The number of halogens is 1. The molecule has 1 N–H and O–H groups in total. The summed E-state index contributed by atoms with van der Waals surface area (Å²) < 4.78 is 0. The van der Waals surface area contributed by atoms with Crippen molar-refractivity contribution in [1.29, 1.82) is 0 Å². The second kappa shape index (κ2) is 3.12. The van der Waals surface area contributed by atoms with Crippen molar-refractivity contribution in [2.45, 2.75) is 0 Å². The molecule has 0 aliphatic carbocycles. The van der Waals surface area contributed by atoms with E-state index in [4.69, 9.17) is 16.8 Å². The van der Waals surface area contributed by atoms with Gasteiger partial charge in [0, 0.05) is 18.0 Å². The molecule has 0 unspecified atom stereocenters. The molecule has 1 heterocycles. The third-order valence-corrected chi connectivity index (χ3v) is 1.04. The van der Waals surface area contributed by atoms with Crippen LogP contribution in [-0.4, -0.2) is 21.4 Å². The Balaban J connectivity index is 2.89. The minimum Gasteiger partial charge on any atom is -0.411 e. The standard InChI is InChI=1S/C5H4ClN3O/c6-5-7-1-4(2-8-5)3-9-10/h1-3,10H/b9-3+. The van der Waals surface area contributed by atoms with E-state index >= 15 is 0 Å². The summed E-state index contributed by atoms with van der Waals surface area (Å²) in [6.07, 6.45) is 4.13. The molecule has 0 saturated carbocycles. The summed E-state index contributed by atoms with van der Waals surface area (Å²) in [5, 5.41) is 11.0. The summed E-state index contributed by atoms with van der Waals surface area (Å²) in [6, 6.07) is 0. The number of nitrogens with zero attached hydrogens (tertiary/aromatic N) is 3. The summed E-state index contributed by atoms with van der Waals surface area (Å²) in [4.78, 5) is 7.30. The van der Waals surface area contributed by atoms with E-state index in [1.165, 1.54) is 18.6 Å². The summed E-state index contributed by atoms with van der Waals surface area (Å²) in [5.41, 5.74) is 0.604. The summed E-state index contributed by atoms with van der Waals surface area (Å²) in [5.74, 6) is 0. The first-order valence-corrected chi connectivity index (χ1v) is 2.85. The predicted octanol–water partition coefficient (Wildman–Crippen LogP) is 0.938. The van der Waals surface area contributed by atoms with Crippen molar-refractivity contribution in [3.63, 3.8) is 0 Å². The van der Waals surface area contributed by atoms with Crippen molar-refractivity contribution in [1.82, 2.24) is 9.97 Å². The zero-order chi connectivity index (χ0) is 7.40. The molecule has 0 aliphatic heterocycles. The Hall–Kier alpha value is -1.16. The van der Waals surface area contributed by atoms with Crippen LogP contribution in [0.3, 0.4) is 0 Å². The van der Waals surface area contributed by atoms with E-state index in [-0.39, 0.29) is 5.28 Å². The normalized spacial score (nSPS) is 10.5. The molecule has 1 aromatic heterocycles. The Morgan fingerprint density at radius 2 is 2.10 bits per heavy atom. The maximum atomic E-state index is 8.07. The fourth-order valence-corrected chi connectivity index (χ4v) is 0.553. The highest BCUT2D eigenvalue weighted by Crippen LogP contribution is 1.97. The molecule has 0 amide bonds. The highest BCUT2D eigenvalue weighted by Gasteiger charge is 1.89. The lowest BCUT2D eigenvalue weighted by Crippen LogP contribution is -1.86. The lowest BCUT2D eigenvalue weighted by atomic mass is 10.4. The second-order valence-electron chi connectivity index (χ2n) is 1.53. The van der Waals surface area contributed by atoms with Gasteiger partial charge in [0.15, 0.2) is 0 Å². The highest BCUT2D eigenvalue weighted by atomic mass is 35.5. The topological polar surface area (TPSA) is 58.4 Å². The van der Waals surface area contributed by atoms with Crippen molar-refractivity contribution in [3.05, 3.63) is 23.2 Å². The van der Waals surface area contributed by atoms with Crippen molar-refractivity contribution in [2.75, 3.05) is 0 Å². The Labute approximate surface area is 62.2 Å². The highest BCUT2D eigenvalue weighted by molar-refractivity contribution is 6.28. The van der Waals surface area contributed by atoms with Crippen LogP contribution in [0.2, 0.25) is 5.28 Å². The van der Waals surface area contributed by atoms with E-state index in [1.807, 2.05) is 0 Å². The maximum absolute atomic E-state index is 8.07. The van der Waals surface area contributed by atoms with Crippen LogP contribution in [0.25, 0.3) is 0 Å². The van der Waals surface area contributed by atoms with E-state index in [1.54, 1.807) is 0 Å². The molecule has 0 fully saturated rings. The van der Waals surface area contributed by atoms with E-state index in [0.717, 1.165) is 0 Å². The Bertz CT molecular complexity index is 233. The van der Waals surface area contributed by atoms with Gasteiger partial charge in [0.05, 0.1) is 6.21 Å². The number of hydrogen-bond donors (Lipinski definition) is 1. The molecule has 0 saturated heterocycles. The van der Waals surface area contributed by atoms with Crippen LogP contribution in [0.5, 0.6) is 0 Å². The average molecular weight is 158 g/mol. The van der Waals surface area contributed by atoms with Gasteiger partial charge in [-0.25, -0.2) is 9.97 Å². The van der Waals surface area contributed by atoms with Gasteiger partial charge < -0.3 is 5.21 Å². The predicted molar refractivity (Wildman–Crippen MR) is 36.4 cm³/mol. The van der Waals surface area contributed by atoms with E-state index in [2.05, 4.69) is 15.1 Å². The summed E-state index contributed by atoms with van der Waals surface area (Å²) >= 11 is 5.38. The minimum absolute atomic E-state index is 0.176. The quantitative estimate of drug-likeness (QED) is 0.286. The molecule has 0 aromatic carbocycles. The fourth-order valence-electron chi connectivity index (χ4n) is 0.456. The van der Waals surface area contributed by atoms with Gasteiger partial charge in [0.1, 0.15) is 0 Å². The zero-order valence-corrected chi connectivity index (χ0v) is 5.65. The van der Waals surface area contributed by atoms with Gasteiger partial charge in [0.2, 0.25) is 5.28 Å². The molecule has 1 aromatic rings. The number of hydrogen-bond acceptors (Lipinski definition) is 4. The molecular weight excluding hydrogens is 154 g/mol. The van der Waals surface area contributed by atoms with Gasteiger partial charge in [-0.2, -0.15) is 0 Å². The molecule has 0 radical (unpaired) electrons. The molecule has 0 atom stereocenters. The van der Waals surface area contributed by atoms with E-state index < -0.39 is 0 Å². The summed E-state index contributed by atoms with van der Waals surface area (Å²) in [6.45, 7) is 0. The first kappa shape index (κ1) is 6.95. The molecule has 0 spiro atoms. The molecular formula is C5H4ClN3O. The first-order chi connectivity index (χ1) is 4.83. The lowest BCUT2D eigenvalue weighted by Gasteiger charge is -1.87. The third-order valence-electron chi connectivity index (χ3n) is 0.847. The second-order valence-corrected chi connectivity index (χ2v) is 1.87. The van der Waals surface area contributed by atoms with Crippen LogP contribution in [-0.2, 0) is 0 Å². The minimum atomic E-state index is 0.176. The number of oxime groups is 1. The fraction of sp³-hybridized carbons (Fsp3) is 0. The molecule has 10 heavy (non-hydrogen) atoms. The Morgan fingerprint density at radius 3 is 2.60 bits per heavy atom. The number of rotatable bonds is 1. The molecule has 0 bridgehead atoms. The zero-order valence-electron chi connectivity index (χ0n) is 4.90. The average Bonchev–Trinajstić information content (AvgIpc) is 1.95. The molecule has 5 heteroatoms.